The third-order valence-electron chi connectivity index (χ3n) is 2.77. The number of nitrogens with zero attached hydrogens (tertiary/aromatic N) is 3. The van der Waals surface area contributed by atoms with Crippen LogP contribution in [0.3, 0.4) is 0 Å². The number of rotatable bonds is 4. The molecule has 0 aliphatic heterocycles. The van der Waals surface area contributed by atoms with Crippen molar-refractivity contribution < 1.29 is 5.11 Å². The van der Waals surface area contributed by atoms with Crippen molar-refractivity contribution in [3.8, 4) is 17.3 Å². The molecule has 0 atom stereocenters. The van der Waals surface area contributed by atoms with E-state index in [1.165, 1.54) is 0 Å². The van der Waals surface area contributed by atoms with Crippen LogP contribution in [0.25, 0.3) is 11.3 Å². The largest absolute Gasteiger partial charge is 0.395 e. The van der Waals surface area contributed by atoms with Crippen molar-refractivity contribution in [3.05, 3.63) is 35.4 Å². The maximum atomic E-state index is 9.21. The second kappa shape index (κ2) is 5.99. The molecule has 0 amide bonds. The molecule has 6 nitrogen and oxygen atoms in total. The summed E-state index contributed by atoms with van der Waals surface area (Å²) < 4.78 is 0. The Morgan fingerprint density at radius 2 is 2.00 bits per heavy atom. The van der Waals surface area contributed by atoms with E-state index in [9.17, 15) is 5.26 Å². The average molecular weight is 269 g/mol. The highest BCUT2D eigenvalue weighted by Crippen LogP contribution is 2.26. The van der Waals surface area contributed by atoms with Gasteiger partial charge in [0.05, 0.1) is 12.3 Å². The first-order valence-corrected chi connectivity index (χ1v) is 6.15. The van der Waals surface area contributed by atoms with Crippen LogP contribution >= 0.6 is 0 Å². The van der Waals surface area contributed by atoms with E-state index in [1.807, 2.05) is 37.3 Å². The van der Waals surface area contributed by atoms with Gasteiger partial charge in [0, 0.05) is 12.1 Å². The maximum Gasteiger partial charge on any atom is 0.225 e. The Morgan fingerprint density at radius 3 is 2.60 bits per heavy atom. The number of hydrogen-bond donors (Lipinski definition) is 3. The van der Waals surface area contributed by atoms with Gasteiger partial charge in [0.25, 0.3) is 0 Å². The third kappa shape index (κ3) is 2.84. The molecule has 2 aromatic rings. The van der Waals surface area contributed by atoms with Crippen molar-refractivity contribution in [1.29, 1.82) is 5.26 Å². The minimum atomic E-state index is -0.0386. The standard InChI is InChI=1S/C14H15N5O/c1-9-2-4-10(5-3-9)12-11(8-15)13(16)19-14(18-12)17-6-7-20/h2-5,20H,6-7H2,1H3,(H3,16,17,18,19). The molecule has 0 saturated heterocycles. The van der Waals surface area contributed by atoms with E-state index in [4.69, 9.17) is 10.8 Å². The molecular weight excluding hydrogens is 254 g/mol. The van der Waals surface area contributed by atoms with Gasteiger partial charge in [-0.05, 0) is 6.92 Å². The summed E-state index contributed by atoms with van der Waals surface area (Å²) in [5, 5.41) is 20.9. The highest BCUT2D eigenvalue weighted by molar-refractivity contribution is 5.73. The molecule has 1 aromatic carbocycles. The van der Waals surface area contributed by atoms with Crippen LogP contribution in [0.4, 0.5) is 11.8 Å². The van der Waals surface area contributed by atoms with Crippen LogP contribution in [0.2, 0.25) is 0 Å². The Balaban J connectivity index is 2.51. The van der Waals surface area contributed by atoms with E-state index in [0.29, 0.717) is 18.2 Å². The van der Waals surface area contributed by atoms with E-state index in [0.717, 1.165) is 11.1 Å². The first-order valence-electron chi connectivity index (χ1n) is 6.15. The van der Waals surface area contributed by atoms with E-state index < -0.39 is 0 Å². The van der Waals surface area contributed by atoms with Crippen LogP contribution in [-0.2, 0) is 0 Å². The van der Waals surface area contributed by atoms with Gasteiger partial charge in [-0.3, -0.25) is 0 Å². The molecule has 2 rings (SSSR count). The summed E-state index contributed by atoms with van der Waals surface area (Å²) in [7, 11) is 0. The number of nitriles is 1. The predicted molar refractivity (Wildman–Crippen MR) is 76.9 cm³/mol. The van der Waals surface area contributed by atoms with Crippen molar-refractivity contribution >= 4 is 11.8 Å². The van der Waals surface area contributed by atoms with Crippen LogP contribution in [0.15, 0.2) is 24.3 Å². The number of nitrogen functional groups attached to an aromatic ring is 1. The number of aliphatic hydroxyl groups excluding tert-OH is 1. The Morgan fingerprint density at radius 1 is 1.30 bits per heavy atom. The molecule has 0 bridgehead atoms. The molecule has 0 fully saturated rings. The lowest BCUT2D eigenvalue weighted by Crippen LogP contribution is -2.11. The van der Waals surface area contributed by atoms with E-state index >= 15 is 0 Å². The van der Waals surface area contributed by atoms with Crippen molar-refractivity contribution in [3.63, 3.8) is 0 Å². The Labute approximate surface area is 116 Å². The summed E-state index contributed by atoms with van der Waals surface area (Å²) in [6.45, 7) is 2.26. The average Bonchev–Trinajstić information content (AvgIpc) is 2.45. The quantitative estimate of drug-likeness (QED) is 0.772. The Hall–Kier alpha value is -2.65. The number of nitrogens with one attached hydrogen (secondary N) is 1. The van der Waals surface area contributed by atoms with Gasteiger partial charge in [0.2, 0.25) is 5.95 Å². The molecule has 0 unspecified atom stereocenters. The van der Waals surface area contributed by atoms with Gasteiger partial charge in [0.15, 0.2) is 0 Å². The van der Waals surface area contributed by atoms with Crippen molar-refractivity contribution in [2.75, 3.05) is 24.2 Å². The van der Waals surface area contributed by atoms with Crippen LogP contribution in [0.1, 0.15) is 11.1 Å². The van der Waals surface area contributed by atoms with Gasteiger partial charge in [-0.15, -0.1) is 0 Å². The van der Waals surface area contributed by atoms with Crippen molar-refractivity contribution in [2.45, 2.75) is 6.92 Å². The lowest BCUT2D eigenvalue weighted by molar-refractivity contribution is 0.311. The predicted octanol–water partition coefficient (Wildman–Crippen LogP) is 1.31. The molecule has 0 radical (unpaired) electrons. The summed E-state index contributed by atoms with van der Waals surface area (Å²) in [5.41, 5.74) is 8.45. The highest BCUT2D eigenvalue weighted by atomic mass is 16.3. The number of anilines is 2. The summed E-state index contributed by atoms with van der Waals surface area (Å²) >= 11 is 0. The minimum Gasteiger partial charge on any atom is -0.395 e. The minimum absolute atomic E-state index is 0.0386. The summed E-state index contributed by atoms with van der Waals surface area (Å²) in [6.07, 6.45) is 0. The number of aromatic nitrogens is 2. The lowest BCUT2D eigenvalue weighted by atomic mass is 10.1. The van der Waals surface area contributed by atoms with Crippen LogP contribution in [0.5, 0.6) is 0 Å². The fourth-order valence-electron chi connectivity index (χ4n) is 1.76. The monoisotopic (exact) mass is 269 g/mol. The van der Waals surface area contributed by atoms with Crippen LogP contribution in [-0.4, -0.2) is 28.2 Å². The van der Waals surface area contributed by atoms with Gasteiger partial charge in [-0.25, -0.2) is 4.98 Å². The van der Waals surface area contributed by atoms with Gasteiger partial charge >= 0.3 is 0 Å². The molecular formula is C14H15N5O. The van der Waals surface area contributed by atoms with E-state index in [2.05, 4.69) is 15.3 Å². The lowest BCUT2D eigenvalue weighted by Gasteiger charge is -2.09. The zero-order chi connectivity index (χ0) is 14.5. The van der Waals surface area contributed by atoms with Crippen molar-refractivity contribution in [1.82, 2.24) is 9.97 Å². The maximum absolute atomic E-state index is 9.21. The van der Waals surface area contributed by atoms with Crippen LogP contribution in [0, 0.1) is 18.3 Å². The zero-order valence-electron chi connectivity index (χ0n) is 11.1. The number of nitrogens with two attached hydrogens (primary N) is 1. The SMILES string of the molecule is Cc1ccc(-c2nc(NCCO)nc(N)c2C#N)cc1. The van der Waals surface area contributed by atoms with Gasteiger partial charge in [-0.2, -0.15) is 10.2 Å². The highest BCUT2D eigenvalue weighted by Gasteiger charge is 2.13. The number of aryl methyl sites for hydroxylation is 1. The number of benzene rings is 1. The molecule has 0 spiro atoms. The summed E-state index contributed by atoms with van der Waals surface area (Å²) in [5.74, 6) is 0.421. The topological polar surface area (TPSA) is 108 Å². The second-order valence-electron chi connectivity index (χ2n) is 4.28. The normalized spacial score (nSPS) is 10.1. The zero-order valence-corrected chi connectivity index (χ0v) is 11.1. The fourth-order valence-corrected chi connectivity index (χ4v) is 1.76. The molecule has 6 heteroatoms. The molecule has 1 aromatic heterocycles. The van der Waals surface area contributed by atoms with Gasteiger partial charge < -0.3 is 16.2 Å². The van der Waals surface area contributed by atoms with Crippen LogP contribution < -0.4 is 11.1 Å². The Bertz CT molecular complexity index is 646. The molecule has 0 aliphatic carbocycles. The second-order valence-corrected chi connectivity index (χ2v) is 4.28. The van der Waals surface area contributed by atoms with Crippen molar-refractivity contribution in [2.24, 2.45) is 0 Å². The molecule has 0 saturated carbocycles. The molecule has 20 heavy (non-hydrogen) atoms. The molecule has 4 N–H and O–H groups in total. The summed E-state index contributed by atoms with van der Waals surface area (Å²) in [6, 6.07) is 9.68. The molecule has 1 heterocycles. The smallest absolute Gasteiger partial charge is 0.225 e. The first-order chi connectivity index (χ1) is 9.65. The molecule has 102 valence electrons. The first kappa shape index (κ1) is 13.8. The van der Waals surface area contributed by atoms with E-state index in [1.54, 1.807) is 0 Å². The van der Waals surface area contributed by atoms with Gasteiger partial charge in [0.1, 0.15) is 17.5 Å². The fraction of sp³-hybridized carbons (Fsp3) is 0.214. The molecule has 0 aliphatic rings. The van der Waals surface area contributed by atoms with Gasteiger partial charge in [-0.1, -0.05) is 29.8 Å². The third-order valence-corrected chi connectivity index (χ3v) is 2.77. The number of hydrogen-bond acceptors (Lipinski definition) is 6. The number of aliphatic hydroxyl groups is 1. The summed E-state index contributed by atoms with van der Waals surface area (Å²) in [4.78, 5) is 8.31. The Kier molecular flexibility index (Phi) is 4.13. The van der Waals surface area contributed by atoms with E-state index in [-0.39, 0.29) is 18.0 Å².